The van der Waals surface area contributed by atoms with Gasteiger partial charge in [-0.05, 0) is 48.2 Å². The van der Waals surface area contributed by atoms with E-state index in [-0.39, 0.29) is 11.9 Å². The zero-order valence-electron chi connectivity index (χ0n) is 18.7. The number of nitrogens with one attached hydrogen (secondary N) is 2. The summed E-state index contributed by atoms with van der Waals surface area (Å²) < 4.78 is 1.88. The molecule has 4 aromatic rings. The first kappa shape index (κ1) is 20.8. The topological polar surface area (TPSA) is 59.0 Å². The third-order valence-electron chi connectivity index (χ3n) is 6.00. The third-order valence-corrected chi connectivity index (χ3v) is 6.00. The molecule has 0 aliphatic carbocycles. The molecule has 0 saturated carbocycles. The number of allylic oxidation sites excluding steroid dienone is 1. The van der Waals surface area contributed by atoms with Crippen molar-refractivity contribution in [1.82, 2.24) is 9.78 Å². The number of benzene rings is 3. The third kappa shape index (κ3) is 4.17. The van der Waals surface area contributed by atoms with Gasteiger partial charge in [-0.15, -0.1) is 0 Å². The van der Waals surface area contributed by atoms with Crippen LogP contribution in [0.4, 0.5) is 11.5 Å². The molecule has 0 bridgehead atoms. The molecular formula is C28H26N4O. The standard InChI is InChI=1S/C28H26N4O/c1-3-20-11-13-21(14-12-20)25-17-26(22-7-5-4-6-8-22)32-27(31-25)24(18-29-32)28(33)30-23-15-9-19(2)10-16-23/h4-18,26,31H,3H2,1-2H3,(H,30,33). The van der Waals surface area contributed by atoms with Gasteiger partial charge >= 0.3 is 0 Å². The van der Waals surface area contributed by atoms with Crippen LogP contribution < -0.4 is 10.6 Å². The second-order valence-electron chi connectivity index (χ2n) is 8.28. The number of nitrogens with zero attached hydrogens (tertiary/aromatic N) is 2. The molecule has 164 valence electrons. The van der Waals surface area contributed by atoms with Crippen LogP contribution in [0.2, 0.25) is 0 Å². The van der Waals surface area contributed by atoms with Crippen LogP contribution >= 0.6 is 0 Å². The van der Waals surface area contributed by atoms with Gasteiger partial charge in [0.1, 0.15) is 11.4 Å². The van der Waals surface area contributed by atoms with Crippen LogP contribution in [0, 0.1) is 6.92 Å². The summed E-state index contributed by atoms with van der Waals surface area (Å²) in [6, 6.07) is 26.4. The Morgan fingerprint density at radius 3 is 2.42 bits per heavy atom. The molecular weight excluding hydrogens is 408 g/mol. The van der Waals surface area contributed by atoms with Crippen LogP contribution in [0.3, 0.4) is 0 Å². The number of hydrogen-bond acceptors (Lipinski definition) is 3. The number of hydrogen-bond donors (Lipinski definition) is 2. The van der Waals surface area contributed by atoms with Crippen molar-refractivity contribution >= 4 is 23.1 Å². The summed E-state index contributed by atoms with van der Waals surface area (Å²) in [5.74, 6) is 0.493. The van der Waals surface area contributed by atoms with Crippen LogP contribution in [-0.2, 0) is 6.42 Å². The summed E-state index contributed by atoms with van der Waals surface area (Å²) in [4.78, 5) is 13.2. The predicted octanol–water partition coefficient (Wildman–Crippen LogP) is 6.06. The van der Waals surface area contributed by atoms with Crippen LogP contribution in [0.1, 0.15) is 45.6 Å². The largest absolute Gasteiger partial charge is 0.339 e. The number of amides is 1. The second kappa shape index (κ2) is 8.79. The lowest BCUT2D eigenvalue weighted by atomic mass is 10.00. The van der Waals surface area contributed by atoms with Gasteiger partial charge in [-0.25, -0.2) is 4.68 Å². The van der Waals surface area contributed by atoms with Crippen molar-refractivity contribution in [3.8, 4) is 0 Å². The first-order valence-electron chi connectivity index (χ1n) is 11.2. The highest BCUT2D eigenvalue weighted by molar-refractivity contribution is 6.08. The van der Waals surface area contributed by atoms with Crippen molar-refractivity contribution in [1.29, 1.82) is 0 Å². The smallest absolute Gasteiger partial charge is 0.261 e. The van der Waals surface area contributed by atoms with Crippen molar-refractivity contribution in [2.75, 3.05) is 10.6 Å². The first-order valence-corrected chi connectivity index (χ1v) is 11.2. The minimum absolute atomic E-state index is 0.121. The molecule has 2 N–H and O–H groups in total. The fraction of sp³-hybridized carbons (Fsp3) is 0.143. The van der Waals surface area contributed by atoms with E-state index in [1.807, 2.05) is 54.1 Å². The Balaban J connectivity index is 1.53. The van der Waals surface area contributed by atoms with Gasteiger partial charge < -0.3 is 10.6 Å². The van der Waals surface area contributed by atoms with Crippen LogP contribution in [0.15, 0.2) is 91.1 Å². The van der Waals surface area contributed by atoms with Gasteiger partial charge in [0.15, 0.2) is 0 Å². The lowest BCUT2D eigenvalue weighted by Gasteiger charge is -2.26. The van der Waals surface area contributed by atoms with Crippen LogP contribution in [-0.4, -0.2) is 15.7 Å². The highest BCUT2D eigenvalue weighted by atomic mass is 16.1. The molecule has 1 atom stereocenters. The van der Waals surface area contributed by atoms with E-state index >= 15 is 0 Å². The Kier molecular flexibility index (Phi) is 5.53. The average Bonchev–Trinajstić information content (AvgIpc) is 3.30. The molecule has 33 heavy (non-hydrogen) atoms. The zero-order chi connectivity index (χ0) is 22.8. The predicted molar refractivity (Wildman–Crippen MR) is 133 cm³/mol. The van der Waals surface area contributed by atoms with E-state index in [4.69, 9.17) is 0 Å². The van der Waals surface area contributed by atoms with E-state index in [0.717, 1.165) is 34.5 Å². The lowest BCUT2D eigenvalue weighted by Crippen LogP contribution is -2.22. The maximum absolute atomic E-state index is 13.2. The van der Waals surface area contributed by atoms with E-state index in [1.54, 1.807) is 6.20 Å². The highest BCUT2D eigenvalue weighted by Crippen LogP contribution is 2.35. The number of anilines is 2. The van der Waals surface area contributed by atoms with Gasteiger partial charge in [0.25, 0.3) is 5.91 Å². The van der Waals surface area contributed by atoms with Gasteiger partial charge in [0.2, 0.25) is 0 Å². The first-order chi connectivity index (χ1) is 16.1. The molecule has 5 nitrogen and oxygen atoms in total. The summed E-state index contributed by atoms with van der Waals surface area (Å²) in [6.45, 7) is 4.17. The molecule has 1 aliphatic rings. The number of carbonyl (C=O) groups is 1. The molecule has 0 saturated heterocycles. The van der Waals surface area contributed by atoms with E-state index in [2.05, 4.69) is 65.1 Å². The SMILES string of the molecule is CCc1ccc(C2=CC(c3ccccc3)n3ncc(C(=O)Nc4ccc(C)cc4)c3N2)cc1. The Morgan fingerprint density at radius 2 is 1.73 bits per heavy atom. The summed E-state index contributed by atoms with van der Waals surface area (Å²) in [7, 11) is 0. The van der Waals surface area contributed by atoms with E-state index < -0.39 is 0 Å². The Labute approximate surface area is 193 Å². The van der Waals surface area contributed by atoms with Gasteiger partial charge in [0, 0.05) is 11.4 Å². The molecule has 5 rings (SSSR count). The molecule has 0 spiro atoms. The average molecular weight is 435 g/mol. The molecule has 1 aromatic heterocycles. The minimum Gasteiger partial charge on any atom is -0.339 e. The Hall–Kier alpha value is -4.12. The molecule has 1 amide bonds. The Bertz CT molecular complexity index is 1300. The Morgan fingerprint density at radius 1 is 1.00 bits per heavy atom. The van der Waals surface area contributed by atoms with Gasteiger partial charge in [-0.2, -0.15) is 5.10 Å². The summed E-state index contributed by atoms with van der Waals surface area (Å²) in [5, 5.41) is 11.1. The normalized spacial score (nSPS) is 14.7. The summed E-state index contributed by atoms with van der Waals surface area (Å²) in [6.07, 6.45) is 4.80. The van der Waals surface area contributed by atoms with Crippen molar-refractivity contribution < 1.29 is 4.79 Å². The quantitative estimate of drug-likeness (QED) is 0.401. The number of carbonyl (C=O) groups excluding carboxylic acids is 1. The van der Waals surface area contributed by atoms with Gasteiger partial charge in [-0.1, -0.05) is 79.2 Å². The van der Waals surface area contributed by atoms with Crippen LogP contribution in [0.5, 0.6) is 0 Å². The number of aromatic nitrogens is 2. The summed E-state index contributed by atoms with van der Waals surface area (Å²) in [5.41, 5.74) is 6.84. The van der Waals surface area contributed by atoms with Crippen molar-refractivity contribution in [3.63, 3.8) is 0 Å². The lowest BCUT2D eigenvalue weighted by molar-refractivity contribution is 0.102. The second-order valence-corrected chi connectivity index (χ2v) is 8.28. The van der Waals surface area contributed by atoms with Crippen molar-refractivity contribution in [2.45, 2.75) is 26.3 Å². The molecule has 3 aromatic carbocycles. The van der Waals surface area contributed by atoms with Gasteiger partial charge in [-0.3, -0.25) is 4.79 Å². The monoisotopic (exact) mass is 434 g/mol. The molecule has 1 unspecified atom stereocenters. The van der Waals surface area contributed by atoms with E-state index in [1.165, 1.54) is 5.56 Å². The maximum Gasteiger partial charge on any atom is 0.261 e. The molecule has 2 heterocycles. The fourth-order valence-electron chi connectivity index (χ4n) is 4.07. The van der Waals surface area contributed by atoms with Gasteiger partial charge in [0.05, 0.1) is 12.2 Å². The number of aryl methyl sites for hydroxylation is 2. The van der Waals surface area contributed by atoms with Crippen molar-refractivity contribution in [3.05, 3.63) is 119 Å². The number of fused-ring (bicyclic) bond motifs is 1. The van der Waals surface area contributed by atoms with Crippen molar-refractivity contribution in [2.24, 2.45) is 0 Å². The molecule has 0 fully saturated rings. The number of rotatable bonds is 5. The fourth-order valence-corrected chi connectivity index (χ4v) is 4.07. The highest BCUT2D eigenvalue weighted by Gasteiger charge is 2.27. The van der Waals surface area contributed by atoms with E-state index in [0.29, 0.717) is 11.4 Å². The molecule has 0 radical (unpaired) electrons. The minimum atomic E-state index is -0.193. The molecule has 5 heteroatoms. The van der Waals surface area contributed by atoms with Crippen LogP contribution in [0.25, 0.3) is 5.70 Å². The summed E-state index contributed by atoms with van der Waals surface area (Å²) >= 11 is 0. The molecule has 1 aliphatic heterocycles. The van der Waals surface area contributed by atoms with E-state index in [9.17, 15) is 4.79 Å². The zero-order valence-corrected chi connectivity index (χ0v) is 18.7. The maximum atomic E-state index is 13.2.